The molecule has 4 heteroatoms. The van der Waals surface area contributed by atoms with Crippen molar-refractivity contribution in [3.05, 3.63) is 29.8 Å². The highest BCUT2D eigenvalue weighted by molar-refractivity contribution is 5.28. The molecule has 0 aliphatic heterocycles. The Labute approximate surface area is 116 Å². The summed E-state index contributed by atoms with van der Waals surface area (Å²) >= 11 is 0. The van der Waals surface area contributed by atoms with E-state index < -0.39 is 0 Å². The zero-order valence-electron chi connectivity index (χ0n) is 12.4. The minimum absolute atomic E-state index is 0.124. The summed E-state index contributed by atoms with van der Waals surface area (Å²) in [4.78, 5) is 0. The van der Waals surface area contributed by atoms with Crippen LogP contribution in [-0.2, 0) is 11.2 Å². The van der Waals surface area contributed by atoms with Crippen LogP contribution in [0.4, 0.5) is 0 Å². The summed E-state index contributed by atoms with van der Waals surface area (Å²) in [6, 6.07) is 8.11. The predicted molar refractivity (Wildman–Crippen MR) is 78.6 cm³/mol. The van der Waals surface area contributed by atoms with Gasteiger partial charge < -0.3 is 20.5 Å². The van der Waals surface area contributed by atoms with Crippen LogP contribution in [0.5, 0.6) is 5.75 Å². The monoisotopic (exact) mass is 266 g/mol. The summed E-state index contributed by atoms with van der Waals surface area (Å²) < 4.78 is 10.4. The third kappa shape index (κ3) is 5.19. The van der Waals surface area contributed by atoms with E-state index in [1.807, 2.05) is 19.1 Å². The van der Waals surface area contributed by atoms with Gasteiger partial charge in [-0.1, -0.05) is 12.1 Å². The molecule has 0 fully saturated rings. The lowest BCUT2D eigenvalue weighted by Crippen LogP contribution is -2.52. The van der Waals surface area contributed by atoms with Crippen LogP contribution in [0.1, 0.15) is 19.4 Å². The summed E-state index contributed by atoms with van der Waals surface area (Å²) in [6.07, 6.45) is 1.06. The van der Waals surface area contributed by atoms with Gasteiger partial charge in [-0.2, -0.15) is 0 Å². The smallest absolute Gasteiger partial charge is 0.118 e. The zero-order valence-corrected chi connectivity index (χ0v) is 12.4. The Balaban J connectivity index is 2.62. The van der Waals surface area contributed by atoms with E-state index in [2.05, 4.69) is 24.4 Å². The van der Waals surface area contributed by atoms with E-state index in [0.29, 0.717) is 6.54 Å². The fourth-order valence-corrected chi connectivity index (χ4v) is 1.87. The van der Waals surface area contributed by atoms with Gasteiger partial charge in [0.05, 0.1) is 13.2 Å². The lowest BCUT2D eigenvalue weighted by atomic mass is 9.92. The molecule has 2 atom stereocenters. The average molecular weight is 266 g/mol. The first-order chi connectivity index (χ1) is 9.03. The molecule has 108 valence electrons. The molecule has 4 nitrogen and oxygen atoms in total. The number of ether oxygens (including phenoxy) is 2. The largest absolute Gasteiger partial charge is 0.497 e. The number of rotatable bonds is 8. The standard InChI is InChI=1S/C15H26N2O2/c1-12(18-3)10-17-15(2,11-16)9-13-5-7-14(19-4)8-6-13/h5-8,12,17H,9-11,16H2,1-4H3. The lowest BCUT2D eigenvalue weighted by molar-refractivity contribution is 0.108. The van der Waals surface area contributed by atoms with Crippen molar-refractivity contribution in [1.29, 1.82) is 0 Å². The van der Waals surface area contributed by atoms with Crippen LogP contribution in [0.15, 0.2) is 24.3 Å². The number of hydrogen-bond acceptors (Lipinski definition) is 4. The maximum atomic E-state index is 5.91. The number of nitrogens with one attached hydrogen (secondary N) is 1. The van der Waals surface area contributed by atoms with Crippen LogP contribution in [0, 0.1) is 0 Å². The summed E-state index contributed by atoms with van der Waals surface area (Å²) in [5.41, 5.74) is 7.03. The molecule has 0 saturated heterocycles. The van der Waals surface area contributed by atoms with Crippen molar-refractivity contribution in [2.24, 2.45) is 5.73 Å². The third-order valence-electron chi connectivity index (χ3n) is 3.42. The van der Waals surface area contributed by atoms with Gasteiger partial charge in [0.25, 0.3) is 0 Å². The van der Waals surface area contributed by atoms with E-state index in [1.165, 1.54) is 5.56 Å². The van der Waals surface area contributed by atoms with Crippen molar-refractivity contribution >= 4 is 0 Å². The van der Waals surface area contributed by atoms with Crippen molar-refractivity contribution < 1.29 is 9.47 Å². The van der Waals surface area contributed by atoms with Gasteiger partial charge in [0.1, 0.15) is 5.75 Å². The molecule has 0 bridgehead atoms. The van der Waals surface area contributed by atoms with Crippen LogP contribution in [-0.4, -0.2) is 39.0 Å². The molecule has 1 aromatic rings. The Kier molecular flexibility index (Phi) is 6.28. The van der Waals surface area contributed by atoms with Crippen molar-refractivity contribution in [1.82, 2.24) is 5.32 Å². The fourth-order valence-electron chi connectivity index (χ4n) is 1.87. The number of hydrogen-bond donors (Lipinski definition) is 2. The van der Waals surface area contributed by atoms with Crippen LogP contribution >= 0.6 is 0 Å². The SMILES string of the molecule is COc1ccc(CC(C)(CN)NCC(C)OC)cc1. The van der Waals surface area contributed by atoms with E-state index in [-0.39, 0.29) is 11.6 Å². The molecule has 0 aromatic heterocycles. The second-order valence-corrected chi connectivity index (χ2v) is 5.22. The predicted octanol–water partition coefficient (Wildman–Crippen LogP) is 1.58. The van der Waals surface area contributed by atoms with Gasteiger partial charge in [-0.15, -0.1) is 0 Å². The van der Waals surface area contributed by atoms with E-state index in [4.69, 9.17) is 15.2 Å². The molecule has 0 heterocycles. The maximum absolute atomic E-state index is 5.91. The normalized spacial score (nSPS) is 15.8. The van der Waals surface area contributed by atoms with Crippen molar-refractivity contribution in [2.45, 2.75) is 31.9 Å². The summed E-state index contributed by atoms with van der Waals surface area (Å²) in [5, 5.41) is 3.49. The molecule has 0 saturated carbocycles. The van der Waals surface area contributed by atoms with Crippen LogP contribution in [0.2, 0.25) is 0 Å². The van der Waals surface area contributed by atoms with E-state index in [9.17, 15) is 0 Å². The minimum Gasteiger partial charge on any atom is -0.497 e. The Morgan fingerprint density at radius 3 is 2.37 bits per heavy atom. The molecule has 1 rings (SSSR count). The molecule has 19 heavy (non-hydrogen) atoms. The molecule has 3 N–H and O–H groups in total. The van der Waals surface area contributed by atoms with Crippen LogP contribution < -0.4 is 15.8 Å². The average Bonchev–Trinajstić information content (AvgIpc) is 2.45. The lowest BCUT2D eigenvalue weighted by Gasteiger charge is -2.31. The van der Waals surface area contributed by atoms with Crippen molar-refractivity contribution in [3.8, 4) is 5.75 Å². The Morgan fingerprint density at radius 1 is 1.26 bits per heavy atom. The second kappa shape index (κ2) is 7.48. The minimum atomic E-state index is -0.124. The maximum Gasteiger partial charge on any atom is 0.118 e. The second-order valence-electron chi connectivity index (χ2n) is 5.22. The molecule has 1 aromatic carbocycles. The quantitative estimate of drug-likeness (QED) is 0.750. The highest BCUT2D eigenvalue weighted by Gasteiger charge is 2.22. The molecular formula is C15H26N2O2. The Bertz CT molecular complexity index is 367. The topological polar surface area (TPSA) is 56.5 Å². The number of nitrogens with two attached hydrogens (primary N) is 1. The van der Waals surface area contributed by atoms with Crippen molar-refractivity contribution in [3.63, 3.8) is 0 Å². The first-order valence-corrected chi connectivity index (χ1v) is 6.64. The highest BCUT2D eigenvalue weighted by Crippen LogP contribution is 2.16. The van der Waals surface area contributed by atoms with E-state index in [0.717, 1.165) is 18.7 Å². The first kappa shape index (κ1) is 16.0. The molecule has 0 amide bonds. The molecule has 0 aliphatic carbocycles. The van der Waals surface area contributed by atoms with Gasteiger partial charge in [0.15, 0.2) is 0 Å². The fraction of sp³-hybridized carbons (Fsp3) is 0.600. The van der Waals surface area contributed by atoms with Crippen molar-refractivity contribution in [2.75, 3.05) is 27.3 Å². The third-order valence-corrected chi connectivity index (χ3v) is 3.42. The van der Waals surface area contributed by atoms with E-state index >= 15 is 0 Å². The number of methoxy groups -OCH3 is 2. The molecule has 0 aliphatic rings. The zero-order chi connectivity index (χ0) is 14.3. The first-order valence-electron chi connectivity index (χ1n) is 6.64. The molecule has 2 unspecified atom stereocenters. The molecule has 0 spiro atoms. The summed E-state index contributed by atoms with van der Waals surface area (Å²) in [5.74, 6) is 0.874. The van der Waals surface area contributed by atoms with E-state index in [1.54, 1.807) is 14.2 Å². The summed E-state index contributed by atoms with van der Waals surface area (Å²) in [6.45, 7) is 5.55. The Morgan fingerprint density at radius 2 is 1.89 bits per heavy atom. The molecule has 0 radical (unpaired) electrons. The summed E-state index contributed by atoms with van der Waals surface area (Å²) in [7, 11) is 3.39. The van der Waals surface area contributed by atoms with Crippen LogP contribution in [0.25, 0.3) is 0 Å². The number of benzene rings is 1. The molecular weight excluding hydrogens is 240 g/mol. The van der Waals surface area contributed by atoms with Gasteiger partial charge in [-0.3, -0.25) is 0 Å². The highest BCUT2D eigenvalue weighted by atomic mass is 16.5. The van der Waals surface area contributed by atoms with Gasteiger partial charge >= 0.3 is 0 Å². The van der Waals surface area contributed by atoms with Gasteiger partial charge in [-0.05, 0) is 38.0 Å². The van der Waals surface area contributed by atoms with Gasteiger partial charge in [-0.25, -0.2) is 0 Å². The van der Waals surface area contributed by atoms with Gasteiger partial charge in [0, 0.05) is 25.7 Å². The Hall–Kier alpha value is -1.10. The van der Waals surface area contributed by atoms with Crippen LogP contribution in [0.3, 0.4) is 0 Å². The van der Waals surface area contributed by atoms with Gasteiger partial charge in [0.2, 0.25) is 0 Å².